The molecule has 1 aliphatic carbocycles. The Morgan fingerprint density at radius 1 is 1.42 bits per heavy atom. The van der Waals surface area contributed by atoms with Crippen molar-refractivity contribution < 1.29 is 4.39 Å². The van der Waals surface area contributed by atoms with E-state index < -0.39 is 0 Å². The summed E-state index contributed by atoms with van der Waals surface area (Å²) >= 11 is 3.42. The van der Waals surface area contributed by atoms with Gasteiger partial charge in [-0.05, 0) is 49.8 Å². The minimum absolute atomic E-state index is 0.0561. The Kier molecular flexibility index (Phi) is 5.02. The maximum absolute atomic E-state index is 13.9. The Labute approximate surface area is 124 Å². The molecule has 1 aliphatic rings. The van der Waals surface area contributed by atoms with Gasteiger partial charge in [-0.2, -0.15) is 0 Å². The van der Waals surface area contributed by atoms with Gasteiger partial charge in [-0.25, -0.2) is 4.39 Å². The molecule has 1 N–H and O–H groups in total. The number of halogens is 2. The van der Waals surface area contributed by atoms with Crippen LogP contribution in [0.2, 0.25) is 0 Å². The van der Waals surface area contributed by atoms with Crippen LogP contribution in [0.3, 0.4) is 0 Å². The summed E-state index contributed by atoms with van der Waals surface area (Å²) in [5.41, 5.74) is 0.751. The molecule has 1 saturated carbocycles. The highest BCUT2D eigenvalue weighted by Crippen LogP contribution is 2.35. The fourth-order valence-electron chi connectivity index (χ4n) is 3.32. The monoisotopic (exact) mass is 327 g/mol. The highest BCUT2D eigenvalue weighted by Gasteiger charge is 2.32. The van der Waals surface area contributed by atoms with Crippen molar-refractivity contribution in [1.82, 2.24) is 5.32 Å². The second-order valence-corrected chi connectivity index (χ2v) is 6.68. The average Bonchev–Trinajstić information content (AvgIpc) is 2.73. The van der Waals surface area contributed by atoms with Crippen molar-refractivity contribution in [2.75, 3.05) is 0 Å². The molecule has 1 nitrogen and oxygen atoms in total. The summed E-state index contributed by atoms with van der Waals surface area (Å²) in [6.07, 6.45) is 3.75. The second-order valence-electron chi connectivity index (χ2n) is 5.77. The second kappa shape index (κ2) is 6.36. The Morgan fingerprint density at radius 2 is 2.16 bits per heavy atom. The van der Waals surface area contributed by atoms with Gasteiger partial charge in [0, 0.05) is 22.1 Å². The summed E-state index contributed by atoms with van der Waals surface area (Å²) in [6, 6.07) is 5.73. The molecule has 0 saturated heterocycles. The van der Waals surface area contributed by atoms with Gasteiger partial charge in [0.2, 0.25) is 0 Å². The van der Waals surface area contributed by atoms with E-state index in [4.69, 9.17) is 0 Å². The molecule has 1 aromatic rings. The van der Waals surface area contributed by atoms with Gasteiger partial charge in [0.25, 0.3) is 0 Å². The van der Waals surface area contributed by atoms with Gasteiger partial charge in [-0.1, -0.05) is 36.2 Å². The molecule has 4 unspecified atom stereocenters. The lowest BCUT2D eigenvalue weighted by Crippen LogP contribution is -2.35. The first-order chi connectivity index (χ1) is 9.02. The topological polar surface area (TPSA) is 12.0 Å². The molecule has 0 amide bonds. The standard InChI is InChI=1S/C16H23BrFN/c1-4-12-5-8-16(10(12)2)19-11(3)14-9-13(17)6-7-15(14)18/h6-7,9-12,16,19H,4-5,8H2,1-3H3. The van der Waals surface area contributed by atoms with Crippen LogP contribution in [0, 0.1) is 17.7 Å². The zero-order chi connectivity index (χ0) is 14.0. The lowest BCUT2D eigenvalue weighted by Gasteiger charge is -2.25. The van der Waals surface area contributed by atoms with Crippen LogP contribution in [0.1, 0.15) is 51.6 Å². The Hall–Kier alpha value is -0.410. The van der Waals surface area contributed by atoms with Crippen LogP contribution in [0.5, 0.6) is 0 Å². The SMILES string of the molecule is CCC1CCC(NC(C)c2cc(Br)ccc2F)C1C. The molecule has 0 aromatic heterocycles. The molecule has 2 rings (SSSR count). The van der Waals surface area contributed by atoms with E-state index in [-0.39, 0.29) is 11.9 Å². The molecule has 0 bridgehead atoms. The quantitative estimate of drug-likeness (QED) is 0.814. The maximum Gasteiger partial charge on any atom is 0.128 e. The Bertz CT molecular complexity index is 435. The first-order valence-corrected chi connectivity index (χ1v) is 8.03. The van der Waals surface area contributed by atoms with Crippen LogP contribution < -0.4 is 5.32 Å². The van der Waals surface area contributed by atoms with E-state index in [0.717, 1.165) is 16.0 Å². The van der Waals surface area contributed by atoms with Crippen LogP contribution in [-0.4, -0.2) is 6.04 Å². The molecule has 0 aliphatic heterocycles. The summed E-state index contributed by atoms with van der Waals surface area (Å²) in [5, 5.41) is 3.62. The van der Waals surface area contributed by atoms with Gasteiger partial charge in [0.15, 0.2) is 0 Å². The largest absolute Gasteiger partial charge is 0.307 e. The van der Waals surface area contributed by atoms with Gasteiger partial charge in [0.05, 0.1) is 0 Å². The van der Waals surface area contributed by atoms with Crippen LogP contribution in [0.4, 0.5) is 4.39 Å². The predicted molar refractivity (Wildman–Crippen MR) is 81.6 cm³/mol. The number of nitrogens with one attached hydrogen (secondary N) is 1. The third-order valence-corrected chi connectivity index (χ3v) is 5.13. The summed E-state index contributed by atoms with van der Waals surface area (Å²) in [5.74, 6) is 1.38. The van der Waals surface area contributed by atoms with Gasteiger partial charge < -0.3 is 5.32 Å². The van der Waals surface area contributed by atoms with E-state index in [1.165, 1.54) is 25.3 Å². The van der Waals surface area contributed by atoms with E-state index in [9.17, 15) is 4.39 Å². The summed E-state index contributed by atoms with van der Waals surface area (Å²) in [4.78, 5) is 0. The molecule has 0 spiro atoms. The summed E-state index contributed by atoms with van der Waals surface area (Å²) in [7, 11) is 0. The van der Waals surface area contributed by atoms with Crippen LogP contribution >= 0.6 is 15.9 Å². The van der Waals surface area contributed by atoms with Crippen molar-refractivity contribution in [3.63, 3.8) is 0 Å². The lowest BCUT2D eigenvalue weighted by molar-refractivity contribution is 0.325. The summed E-state index contributed by atoms with van der Waals surface area (Å²) < 4.78 is 14.8. The van der Waals surface area contributed by atoms with Gasteiger partial charge >= 0.3 is 0 Å². The Balaban J connectivity index is 2.05. The highest BCUT2D eigenvalue weighted by molar-refractivity contribution is 9.10. The molecule has 1 aromatic carbocycles. The minimum Gasteiger partial charge on any atom is -0.307 e. The molecular formula is C16H23BrFN. The van der Waals surface area contributed by atoms with Crippen molar-refractivity contribution in [2.45, 2.75) is 52.1 Å². The number of benzene rings is 1. The molecule has 0 radical (unpaired) electrons. The van der Waals surface area contributed by atoms with Crippen LogP contribution in [0.15, 0.2) is 22.7 Å². The zero-order valence-corrected chi connectivity index (χ0v) is 13.5. The smallest absolute Gasteiger partial charge is 0.128 e. The molecular weight excluding hydrogens is 305 g/mol. The van der Waals surface area contributed by atoms with Crippen molar-refractivity contribution in [3.05, 3.63) is 34.1 Å². The fourth-order valence-corrected chi connectivity index (χ4v) is 3.70. The maximum atomic E-state index is 13.9. The molecule has 106 valence electrons. The molecule has 3 heteroatoms. The summed E-state index contributed by atoms with van der Waals surface area (Å²) in [6.45, 7) is 6.64. The minimum atomic E-state index is -0.124. The van der Waals surface area contributed by atoms with E-state index >= 15 is 0 Å². The van der Waals surface area contributed by atoms with Gasteiger partial charge in [-0.15, -0.1) is 0 Å². The number of hydrogen-bond acceptors (Lipinski definition) is 1. The average molecular weight is 328 g/mol. The number of rotatable bonds is 4. The first kappa shape index (κ1) is 15.0. The van der Waals surface area contributed by atoms with Crippen LogP contribution in [-0.2, 0) is 0 Å². The van der Waals surface area contributed by atoms with Gasteiger partial charge in [-0.3, -0.25) is 0 Å². The lowest BCUT2D eigenvalue weighted by atomic mass is 9.93. The van der Waals surface area contributed by atoms with E-state index in [1.54, 1.807) is 6.07 Å². The van der Waals surface area contributed by atoms with Gasteiger partial charge in [0.1, 0.15) is 5.82 Å². The number of hydrogen-bond donors (Lipinski definition) is 1. The highest BCUT2D eigenvalue weighted by atomic mass is 79.9. The fraction of sp³-hybridized carbons (Fsp3) is 0.625. The zero-order valence-electron chi connectivity index (χ0n) is 11.9. The Morgan fingerprint density at radius 3 is 2.79 bits per heavy atom. The van der Waals surface area contributed by atoms with Crippen molar-refractivity contribution in [2.24, 2.45) is 11.8 Å². The van der Waals surface area contributed by atoms with Crippen molar-refractivity contribution >= 4 is 15.9 Å². The molecule has 1 fully saturated rings. The van der Waals surface area contributed by atoms with E-state index in [0.29, 0.717) is 12.0 Å². The third kappa shape index (κ3) is 3.38. The normalized spacial score (nSPS) is 28.6. The molecule has 0 heterocycles. The van der Waals surface area contributed by atoms with Crippen LogP contribution in [0.25, 0.3) is 0 Å². The van der Waals surface area contributed by atoms with E-state index in [2.05, 4.69) is 42.0 Å². The van der Waals surface area contributed by atoms with Crippen molar-refractivity contribution in [1.29, 1.82) is 0 Å². The van der Waals surface area contributed by atoms with E-state index in [1.807, 2.05) is 6.07 Å². The molecule has 19 heavy (non-hydrogen) atoms. The van der Waals surface area contributed by atoms with Crippen molar-refractivity contribution in [3.8, 4) is 0 Å². The predicted octanol–water partition coefficient (Wildman–Crippen LogP) is 5.06. The first-order valence-electron chi connectivity index (χ1n) is 7.24. The third-order valence-electron chi connectivity index (χ3n) is 4.64. The molecule has 4 atom stereocenters.